The van der Waals surface area contributed by atoms with Gasteiger partial charge in [0.05, 0.1) is 16.5 Å². The molecule has 1 fully saturated rings. The van der Waals surface area contributed by atoms with Crippen LogP contribution in [0.1, 0.15) is 41.0 Å². The number of hydrogen-bond donors (Lipinski definition) is 1. The van der Waals surface area contributed by atoms with Crippen molar-refractivity contribution in [3.8, 4) is 0 Å². The predicted octanol–water partition coefficient (Wildman–Crippen LogP) is 1.54. The summed E-state index contributed by atoms with van der Waals surface area (Å²) < 4.78 is 23.2. The van der Waals surface area contributed by atoms with Gasteiger partial charge in [-0.05, 0) is 26.2 Å². The fourth-order valence-electron chi connectivity index (χ4n) is 2.44. The molecule has 2 rings (SSSR count). The van der Waals surface area contributed by atoms with E-state index >= 15 is 0 Å². The van der Waals surface area contributed by atoms with Gasteiger partial charge in [0.25, 0.3) is 5.91 Å². The number of aromatic nitrogens is 1. The van der Waals surface area contributed by atoms with E-state index in [2.05, 4.69) is 10.3 Å². The van der Waals surface area contributed by atoms with Crippen LogP contribution in [0.5, 0.6) is 0 Å². The van der Waals surface area contributed by atoms with Gasteiger partial charge < -0.3 is 5.32 Å². The van der Waals surface area contributed by atoms with Gasteiger partial charge in [0, 0.05) is 12.3 Å². The summed E-state index contributed by atoms with van der Waals surface area (Å²) in [6.45, 7) is 1.80. The van der Waals surface area contributed by atoms with Crippen LogP contribution in [0.4, 0.5) is 0 Å². The molecule has 1 amide bonds. The highest BCUT2D eigenvalue weighted by atomic mass is 32.2. The fraction of sp³-hybridized carbons (Fsp3) is 0.667. The molecule has 7 heteroatoms. The van der Waals surface area contributed by atoms with Gasteiger partial charge in [0.1, 0.15) is 14.7 Å². The van der Waals surface area contributed by atoms with E-state index < -0.39 is 9.84 Å². The van der Waals surface area contributed by atoms with Gasteiger partial charge in [-0.1, -0.05) is 6.42 Å². The highest BCUT2D eigenvalue weighted by molar-refractivity contribution is 7.91. The minimum atomic E-state index is -3.02. The number of carbonyl (C=O) groups excluding carboxylic acids is 1. The Labute approximate surface area is 117 Å². The number of rotatable bonds is 3. The molecule has 19 heavy (non-hydrogen) atoms. The molecule has 0 radical (unpaired) electrons. The highest BCUT2D eigenvalue weighted by Gasteiger charge is 2.30. The normalized spacial score (nSPS) is 24.1. The summed E-state index contributed by atoms with van der Waals surface area (Å²) in [5.74, 6) is -0.140. The monoisotopic (exact) mass is 302 g/mol. The second-order valence-corrected chi connectivity index (χ2v) is 8.24. The van der Waals surface area contributed by atoms with Crippen LogP contribution in [0, 0.1) is 6.92 Å². The van der Waals surface area contributed by atoms with Crippen molar-refractivity contribution >= 4 is 27.1 Å². The van der Waals surface area contributed by atoms with E-state index in [4.69, 9.17) is 0 Å². The van der Waals surface area contributed by atoms with Crippen molar-refractivity contribution in [2.75, 3.05) is 6.26 Å². The second-order valence-electron chi connectivity index (χ2n) is 5.06. The molecule has 1 aliphatic rings. The molecule has 1 aliphatic carbocycles. The summed E-state index contributed by atoms with van der Waals surface area (Å²) in [5, 5.41) is 2.61. The van der Waals surface area contributed by atoms with E-state index in [0.29, 0.717) is 17.7 Å². The van der Waals surface area contributed by atoms with E-state index in [0.717, 1.165) is 18.5 Å². The smallest absolute Gasteiger partial charge is 0.263 e. The molecular weight excluding hydrogens is 284 g/mol. The number of hydrogen-bond acceptors (Lipinski definition) is 5. The molecule has 0 spiro atoms. The number of amides is 1. The summed E-state index contributed by atoms with van der Waals surface area (Å²) in [7, 11) is -3.02. The fourth-order valence-corrected chi connectivity index (χ4v) is 4.32. The number of aryl methyl sites for hydroxylation is 1. The largest absolute Gasteiger partial charge is 0.349 e. The van der Waals surface area contributed by atoms with Crippen LogP contribution in [0.25, 0.3) is 0 Å². The molecule has 1 heterocycles. The van der Waals surface area contributed by atoms with Crippen LogP contribution in [0.2, 0.25) is 0 Å². The van der Waals surface area contributed by atoms with Crippen molar-refractivity contribution in [2.45, 2.75) is 43.9 Å². The third-order valence-corrected chi connectivity index (χ3v) is 6.09. The molecule has 1 N–H and O–H groups in total. The standard InChI is InChI=1S/C12H18N2O3S2/c1-8-11(18-7-13-8)12(15)14-9-4-3-5-10(6-9)19(2,16)17/h7,9-10H,3-6H2,1-2H3,(H,14,15)/t9-,10-/m1/s1. The first kappa shape index (κ1) is 14.5. The Morgan fingerprint density at radius 1 is 1.47 bits per heavy atom. The van der Waals surface area contributed by atoms with Crippen LogP contribution in [0.3, 0.4) is 0 Å². The molecule has 0 aromatic carbocycles. The summed E-state index contributed by atoms with van der Waals surface area (Å²) in [6, 6.07) is -0.0533. The average Bonchev–Trinajstić information content (AvgIpc) is 2.75. The molecule has 0 bridgehead atoms. The molecule has 1 aromatic heterocycles. The van der Waals surface area contributed by atoms with Crippen LogP contribution < -0.4 is 5.32 Å². The Hall–Kier alpha value is -0.950. The Balaban J connectivity index is 2.00. The van der Waals surface area contributed by atoms with Crippen molar-refractivity contribution in [1.29, 1.82) is 0 Å². The third kappa shape index (κ3) is 3.54. The first-order valence-corrected chi connectivity index (χ1v) is 9.11. The molecule has 1 aromatic rings. The zero-order valence-corrected chi connectivity index (χ0v) is 12.7. The van der Waals surface area contributed by atoms with Crippen LogP contribution in [-0.4, -0.2) is 36.9 Å². The molecule has 106 valence electrons. The third-order valence-electron chi connectivity index (χ3n) is 3.52. The Bertz CT molecular complexity index is 565. The van der Waals surface area contributed by atoms with E-state index in [9.17, 15) is 13.2 Å². The number of carbonyl (C=O) groups is 1. The van der Waals surface area contributed by atoms with E-state index in [1.165, 1.54) is 17.6 Å². The van der Waals surface area contributed by atoms with Gasteiger partial charge in [-0.15, -0.1) is 11.3 Å². The Kier molecular flexibility index (Phi) is 4.25. The topological polar surface area (TPSA) is 76.1 Å². The van der Waals surface area contributed by atoms with Crippen molar-refractivity contribution in [2.24, 2.45) is 0 Å². The second kappa shape index (κ2) is 5.58. The first-order valence-electron chi connectivity index (χ1n) is 6.27. The van der Waals surface area contributed by atoms with Crippen molar-refractivity contribution in [3.05, 3.63) is 16.1 Å². The van der Waals surface area contributed by atoms with Gasteiger partial charge in [0.15, 0.2) is 0 Å². The van der Waals surface area contributed by atoms with Crippen LogP contribution in [0.15, 0.2) is 5.51 Å². The summed E-state index contributed by atoms with van der Waals surface area (Å²) in [5.41, 5.74) is 2.36. The maximum atomic E-state index is 12.1. The molecule has 2 atom stereocenters. The lowest BCUT2D eigenvalue weighted by Crippen LogP contribution is -2.41. The zero-order chi connectivity index (χ0) is 14.0. The molecule has 0 unspecified atom stereocenters. The molecule has 1 saturated carbocycles. The van der Waals surface area contributed by atoms with Gasteiger partial charge in [-0.25, -0.2) is 13.4 Å². The van der Waals surface area contributed by atoms with Crippen molar-refractivity contribution in [1.82, 2.24) is 10.3 Å². The number of thiazole rings is 1. The van der Waals surface area contributed by atoms with Crippen molar-refractivity contribution in [3.63, 3.8) is 0 Å². The summed E-state index contributed by atoms with van der Waals surface area (Å²) in [4.78, 5) is 16.7. The maximum Gasteiger partial charge on any atom is 0.263 e. The van der Waals surface area contributed by atoms with Crippen molar-refractivity contribution < 1.29 is 13.2 Å². The molecular formula is C12H18N2O3S2. The van der Waals surface area contributed by atoms with Gasteiger partial charge >= 0.3 is 0 Å². The van der Waals surface area contributed by atoms with Crippen LogP contribution in [-0.2, 0) is 9.84 Å². The molecule has 0 saturated heterocycles. The molecule has 5 nitrogen and oxygen atoms in total. The minimum absolute atomic E-state index is 0.0533. The summed E-state index contributed by atoms with van der Waals surface area (Å²) in [6.07, 6.45) is 4.17. The number of nitrogens with zero attached hydrogens (tertiary/aromatic N) is 1. The van der Waals surface area contributed by atoms with Gasteiger partial charge in [0.2, 0.25) is 0 Å². The predicted molar refractivity (Wildman–Crippen MR) is 75.2 cm³/mol. The molecule has 0 aliphatic heterocycles. The quantitative estimate of drug-likeness (QED) is 0.919. The van der Waals surface area contributed by atoms with E-state index in [1.807, 2.05) is 0 Å². The number of nitrogens with one attached hydrogen (secondary N) is 1. The highest BCUT2D eigenvalue weighted by Crippen LogP contribution is 2.24. The van der Waals surface area contributed by atoms with E-state index in [-0.39, 0.29) is 17.2 Å². The van der Waals surface area contributed by atoms with E-state index in [1.54, 1.807) is 12.4 Å². The van der Waals surface area contributed by atoms with Gasteiger partial charge in [-0.2, -0.15) is 0 Å². The Morgan fingerprint density at radius 2 is 2.21 bits per heavy atom. The summed E-state index contributed by atoms with van der Waals surface area (Å²) >= 11 is 1.31. The minimum Gasteiger partial charge on any atom is -0.349 e. The van der Waals surface area contributed by atoms with Crippen LogP contribution >= 0.6 is 11.3 Å². The Morgan fingerprint density at radius 3 is 2.79 bits per heavy atom. The SMILES string of the molecule is Cc1ncsc1C(=O)N[C@@H]1CCC[C@@H](S(C)(=O)=O)C1. The lowest BCUT2D eigenvalue weighted by atomic mass is 9.95. The van der Waals surface area contributed by atoms with Gasteiger partial charge in [-0.3, -0.25) is 4.79 Å². The maximum absolute atomic E-state index is 12.1. The number of sulfone groups is 1. The zero-order valence-electron chi connectivity index (χ0n) is 11.0. The lowest BCUT2D eigenvalue weighted by molar-refractivity contribution is 0.0931. The first-order chi connectivity index (χ1) is 8.88. The average molecular weight is 302 g/mol. The lowest BCUT2D eigenvalue weighted by Gasteiger charge is -2.28.